The monoisotopic (exact) mass is 274 g/mol. The molecule has 0 aliphatic rings. The number of rotatable bonds is 4. The Bertz CT molecular complexity index is 684. The normalized spacial score (nSPS) is 10.1. The Balaban J connectivity index is 2.36. The largest absolute Gasteiger partial charge is 0.478 e. The Hall–Kier alpha value is -2.96. The van der Waals surface area contributed by atoms with Gasteiger partial charge in [0.2, 0.25) is 0 Å². The van der Waals surface area contributed by atoms with E-state index in [0.717, 1.165) is 0 Å². The fourth-order valence-corrected chi connectivity index (χ4v) is 1.62. The van der Waals surface area contributed by atoms with Crippen molar-refractivity contribution in [2.45, 2.75) is 6.92 Å². The number of aryl methyl sites for hydroxylation is 1. The molecule has 1 heterocycles. The Morgan fingerprint density at radius 1 is 1.35 bits per heavy atom. The van der Waals surface area contributed by atoms with Crippen molar-refractivity contribution in [1.82, 2.24) is 4.98 Å². The van der Waals surface area contributed by atoms with Crippen molar-refractivity contribution in [3.05, 3.63) is 57.9 Å². The standard InChI is InChI=1S/C13H10N2O5/c1-8-6-9(15(18)19)2-3-11(8)20-12-7-14-5-4-10(12)13(16)17/h2-7H,1H3,(H,16,17). The molecule has 1 N–H and O–H groups in total. The molecule has 0 radical (unpaired) electrons. The first-order valence-corrected chi connectivity index (χ1v) is 5.59. The van der Waals surface area contributed by atoms with Crippen LogP contribution in [0, 0.1) is 17.0 Å². The molecular formula is C13H10N2O5. The van der Waals surface area contributed by atoms with Crippen LogP contribution in [0.2, 0.25) is 0 Å². The molecule has 7 heteroatoms. The van der Waals surface area contributed by atoms with Crippen LogP contribution < -0.4 is 4.74 Å². The second-order valence-corrected chi connectivity index (χ2v) is 3.99. The third-order valence-electron chi connectivity index (χ3n) is 2.60. The molecule has 0 fully saturated rings. The number of ether oxygens (including phenoxy) is 1. The van der Waals surface area contributed by atoms with Crippen LogP contribution in [-0.2, 0) is 0 Å². The molecule has 0 amide bonds. The number of carboxylic acid groups (broad SMARTS) is 1. The van der Waals surface area contributed by atoms with Gasteiger partial charge in [-0.2, -0.15) is 0 Å². The smallest absolute Gasteiger partial charge is 0.339 e. The molecule has 1 aromatic heterocycles. The molecule has 0 saturated carbocycles. The predicted octanol–water partition coefficient (Wildman–Crippen LogP) is 2.79. The predicted molar refractivity (Wildman–Crippen MR) is 69.1 cm³/mol. The summed E-state index contributed by atoms with van der Waals surface area (Å²) in [5.41, 5.74) is 0.441. The fraction of sp³-hybridized carbons (Fsp3) is 0.0769. The Labute approximate surface area is 113 Å². The van der Waals surface area contributed by atoms with Gasteiger partial charge in [-0.1, -0.05) is 0 Å². The molecule has 0 atom stereocenters. The van der Waals surface area contributed by atoms with E-state index in [4.69, 9.17) is 9.84 Å². The van der Waals surface area contributed by atoms with E-state index in [1.54, 1.807) is 6.92 Å². The van der Waals surface area contributed by atoms with Gasteiger partial charge in [0.05, 0.1) is 11.1 Å². The first kappa shape index (κ1) is 13.5. The number of aromatic carboxylic acids is 1. The summed E-state index contributed by atoms with van der Waals surface area (Å²) in [5, 5.41) is 19.7. The second-order valence-electron chi connectivity index (χ2n) is 3.99. The Morgan fingerprint density at radius 3 is 2.70 bits per heavy atom. The van der Waals surface area contributed by atoms with Crippen LogP contribution in [0.3, 0.4) is 0 Å². The van der Waals surface area contributed by atoms with Crippen molar-refractivity contribution in [2.24, 2.45) is 0 Å². The summed E-state index contributed by atoms with van der Waals surface area (Å²) in [7, 11) is 0. The number of nitrogens with zero attached hydrogens (tertiary/aromatic N) is 2. The molecule has 0 spiro atoms. The summed E-state index contributed by atoms with van der Waals surface area (Å²) < 4.78 is 5.47. The molecule has 0 bridgehead atoms. The van der Waals surface area contributed by atoms with E-state index in [2.05, 4.69) is 4.98 Å². The van der Waals surface area contributed by atoms with Crippen LogP contribution >= 0.6 is 0 Å². The zero-order valence-corrected chi connectivity index (χ0v) is 10.4. The average Bonchev–Trinajstić information content (AvgIpc) is 2.41. The fourth-order valence-electron chi connectivity index (χ4n) is 1.62. The molecule has 102 valence electrons. The van der Waals surface area contributed by atoms with Crippen LogP contribution in [0.15, 0.2) is 36.7 Å². The van der Waals surface area contributed by atoms with Crippen LogP contribution in [0.1, 0.15) is 15.9 Å². The molecule has 0 unspecified atom stereocenters. The number of nitro benzene ring substituents is 1. The third-order valence-corrected chi connectivity index (χ3v) is 2.60. The Kier molecular flexibility index (Phi) is 3.60. The highest BCUT2D eigenvalue weighted by Gasteiger charge is 2.14. The molecule has 2 rings (SSSR count). The van der Waals surface area contributed by atoms with Crippen molar-refractivity contribution >= 4 is 11.7 Å². The molecule has 0 aliphatic carbocycles. The molecule has 2 aromatic rings. The summed E-state index contributed by atoms with van der Waals surface area (Å²) >= 11 is 0. The zero-order chi connectivity index (χ0) is 14.7. The first-order valence-electron chi connectivity index (χ1n) is 5.59. The van der Waals surface area contributed by atoms with E-state index in [1.165, 1.54) is 36.7 Å². The summed E-state index contributed by atoms with van der Waals surface area (Å²) in [4.78, 5) is 25.0. The number of non-ortho nitro benzene ring substituents is 1. The van der Waals surface area contributed by atoms with E-state index in [0.29, 0.717) is 11.3 Å². The number of carbonyl (C=O) groups is 1. The molecule has 20 heavy (non-hydrogen) atoms. The summed E-state index contributed by atoms with van der Waals surface area (Å²) in [5.74, 6) is -0.718. The van der Waals surface area contributed by atoms with Gasteiger partial charge in [0.15, 0.2) is 5.75 Å². The molecule has 0 saturated heterocycles. The SMILES string of the molecule is Cc1cc([N+](=O)[O-])ccc1Oc1cnccc1C(=O)O. The minimum Gasteiger partial charge on any atom is -0.478 e. The number of nitro groups is 1. The van der Waals surface area contributed by atoms with Gasteiger partial charge in [-0.05, 0) is 24.6 Å². The minimum absolute atomic E-state index is 0.0299. The lowest BCUT2D eigenvalue weighted by atomic mass is 10.2. The Morgan fingerprint density at radius 2 is 2.10 bits per heavy atom. The van der Waals surface area contributed by atoms with E-state index in [9.17, 15) is 14.9 Å². The number of hydrogen-bond acceptors (Lipinski definition) is 5. The number of benzene rings is 1. The maximum Gasteiger partial charge on any atom is 0.339 e. The van der Waals surface area contributed by atoms with Gasteiger partial charge in [0, 0.05) is 18.3 Å². The van der Waals surface area contributed by atoms with Crippen molar-refractivity contribution in [3.63, 3.8) is 0 Å². The zero-order valence-electron chi connectivity index (χ0n) is 10.4. The van der Waals surface area contributed by atoms with E-state index >= 15 is 0 Å². The van der Waals surface area contributed by atoms with Gasteiger partial charge in [-0.25, -0.2) is 4.79 Å². The number of pyridine rings is 1. The lowest BCUT2D eigenvalue weighted by Crippen LogP contribution is -2.01. The lowest BCUT2D eigenvalue weighted by molar-refractivity contribution is -0.384. The van der Waals surface area contributed by atoms with Gasteiger partial charge < -0.3 is 9.84 Å². The van der Waals surface area contributed by atoms with Gasteiger partial charge in [-0.3, -0.25) is 15.1 Å². The lowest BCUT2D eigenvalue weighted by Gasteiger charge is -2.10. The van der Waals surface area contributed by atoms with Crippen LogP contribution in [0.25, 0.3) is 0 Å². The second kappa shape index (κ2) is 5.35. The van der Waals surface area contributed by atoms with E-state index in [1.807, 2.05) is 0 Å². The molecule has 0 aliphatic heterocycles. The number of hydrogen-bond donors (Lipinski definition) is 1. The van der Waals surface area contributed by atoms with E-state index < -0.39 is 10.9 Å². The van der Waals surface area contributed by atoms with Gasteiger partial charge >= 0.3 is 5.97 Å². The van der Waals surface area contributed by atoms with Gasteiger partial charge in [-0.15, -0.1) is 0 Å². The van der Waals surface area contributed by atoms with Crippen molar-refractivity contribution in [3.8, 4) is 11.5 Å². The topological polar surface area (TPSA) is 103 Å². The molecule has 1 aromatic carbocycles. The third kappa shape index (κ3) is 2.72. The highest BCUT2D eigenvalue weighted by Crippen LogP contribution is 2.29. The highest BCUT2D eigenvalue weighted by atomic mass is 16.6. The van der Waals surface area contributed by atoms with Crippen molar-refractivity contribution in [2.75, 3.05) is 0 Å². The summed E-state index contributed by atoms with van der Waals surface area (Å²) in [6.45, 7) is 1.64. The van der Waals surface area contributed by atoms with Gasteiger partial charge in [0.25, 0.3) is 5.69 Å². The van der Waals surface area contributed by atoms with Gasteiger partial charge in [0.1, 0.15) is 11.3 Å². The van der Waals surface area contributed by atoms with Crippen molar-refractivity contribution < 1.29 is 19.6 Å². The quantitative estimate of drug-likeness (QED) is 0.679. The molecule has 7 nitrogen and oxygen atoms in total. The first-order chi connectivity index (χ1) is 9.49. The summed E-state index contributed by atoms with van der Waals surface area (Å²) in [6, 6.07) is 5.38. The number of carboxylic acids is 1. The van der Waals surface area contributed by atoms with Crippen LogP contribution in [0.5, 0.6) is 11.5 Å². The van der Waals surface area contributed by atoms with Crippen LogP contribution in [-0.4, -0.2) is 21.0 Å². The van der Waals surface area contributed by atoms with Crippen molar-refractivity contribution in [1.29, 1.82) is 0 Å². The number of aromatic nitrogens is 1. The summed E-state index contributed by atoms with van der Waals surface area (Å²) in [6.07, 6.45) is 2.63. The average molecular weight is 274 g/mol. The van der Waals surface area contributed by atoms with Crippen LogP contribution in [0.4, 0.5) is 5.69 Å². The maximum absolute atomic E-state index is 11.0. The highest BCUT2D eigenvalue weighted by molar-refractivity contribution is 5.90. The van der Waals surface area contributed by atoms with E-state index in [-0.39, 0.29) is 17.0 Å². The minimum atomic E-state index is -1.14. The molecular weight excluding hydrogens is 264 g/mol. The maximum atomic E-state index is 11.0.